The fourth-order valence-corrected chi connectivity index (χ4v) is 4.11. The van der Waals surface area contributed by atoms with Crippen LogP contribution < -0.4 is 5.32 Å². The second-order valence-corrected chi connectivity index (χ2v) is 7.40. The van der Waals surface area contributed by atoms with Crippen molar-refractivity contribution in [2.45, 2.75) is 43.3 Å². The molecular weight excluding hydrogens is 276 g/mol. The molecule has 2 saturated carbocycles. The first-order valence-electron chi connectivity index (χ1n) is 7.28. The van der Waals surface area contributed by atoms with Gasteiger partial charge in [-0.05, 0) is 37.9 Å². The predicted octanol–water partition coefficient (Wildman–Crippen LogP) is 1.77. The van der Waals surface area contributed by atoms with Gasteiger partial charge in [-0.25, -0.2) is 4.79 Å². The fourth-order valence-electron chi connectivity index (χ4n) is 3.34. The largest absolute Gasteiger partial charge is 0.330 e. The van der Waals surface area contributed by atoms with Gasteiger partial charge in [0, 0.05) is 11.3 Å². The van der Waals surface area contributed by atoms with Crippen molar-refractivity contribution in [3.63, 3.8) is 0 Å². The summed E-state index contributed by atoms with van der Waals surface area (Å²) in [6.07, 6.45) is 8.06. The quantitative estimate of drug-likeness (QED) is 0.803. The number of nitrogens with one attached hydrogen (secondary N) is 1. The third-order valence-electron chi connectivity index (χ3n) is 4.85. The third kappa shape index (κ3) is 2.34. The Kier molecular flexibility index (Phi) is 3.52. The van der Waals surface area contributed by atoms with Crippen molar-refractivity contribution in [3.8, 4) is 0 Å². The molecule has 3 aliphatic rings. The summed E-state index contributed by atoms with van der Waals surface area (Å²) in [6.45, 7) is 0.440. The summed E-state index contributed by atoms with van der Waals surface area (Å²) < 4.78 is 0.0353. The highest BCUT2D eigenvalue weighted by Crippen LogP contribution is 2.48. The minimum atomic E-state index is -0.646. The lowest BCUT2D eigenvalue weighted by Crippen LogP contribution is -2.60. The van der Waals surface area contributed by atoms with Crippen LogP contribution >= 0.6 is 11.8 Å². The van der Waals surface area contributed by atoms with Gasteiger partial charge in [-0.2, -0.15) is 11.8 Å². The van der Waals surface area contributed by atoms with Crippen LogP contribution in [0, 0.1) is 11.8 Å². The molecule has 6 heteroatoms. The zero-order chi connectivity index (χ0) is 14.3. The normalized spacial score (nSPS) is 29.8. The number of barbiturate groups is 1. The SMILES string of the molecule is CSC1(CN2C(=O)NC(=O)C(C3CCCC3)C2=O)CC1. The Morgan fingerprint density at radius 1 is 1.25 bits per heavy atom. The Hall–Kier alpha value is -1.04. The number of rotatable bonds is 4. The molecule has 1 N–H and O–H groups in total. The number of thioether (sulfide) groups is 1. The van der Waals surface area contributed by atoms with E-state index >= 15 is 0 Å². The monoisotopic (exact) mass is 296 g/mol. The predicted molar refractivity (Wildman–Crippen MR) is 76.2 cm³/mol. The van der Waals surface area contributed by atoms with Gasteiger partial charge in [-0.15, -0.1) is 0 Å². The zero-order valence-electron chi connectivity index (χ0n) is 11.7. The van der Waals surface area contributed by atoms with E-state index in [1.54, 1.807) is 11.8 Å². The first-order valence-corrected chi connectivity index (χ1v) is 8.50. The molecule has 0 radical (unpaired) electrons. The second-order valence-electron chi connectivity index (χ2n) is 6.13. The van der Waals surface area contributed by atoms with E-state index < -0.39 is 17.9 Å². The molecule has 0 aromatic rings. The number of imide groups is 2. The van der Waals surface area contributed by atoms with Crippen LogP contribution in [0.2, 0.25) is 0 Å². The molecule has 0 aromatic heterocycles. The highest BCUT2D eigenvalue weighted by atomic mass is 32.2. The van der Waals surface area contributed by atoms with Crippen LogP contribution in [0.3, 0.4) is 0 Å². The van der Waals surface area contributed by atoms with E-state index in [1.807, 2.05) is 6.26 Å². The van der Waals surface area contributed by atoms with Crippen LogP contribution in [0.5, 0.6) is 0 Å². The molecule has 1 saturated heterocycles. The third-order valence-corrected chi connectivity index (χ3v) is 6.25. The number of hydrogen-bond donors (Lipinski definition) is 1. The first-order chi connectivity index (χ1) is 9.56. The molecule has 2 aliphatic carbocycles. The van der Waals surface area contributed by atoms with Crippen LogP contribution in [-0.2, 0) is 9.59 Å². The Morgan fingerprint density at radius 2 is 1.90 bits per heavy atom. The highest BCUT2D eigenvalue weighted by molar-refractivity contribution is 8.00. The van der Waals surface area contributed by atoms with Gasteiger partial charge in [-0.1, -0.05) is 12.8 Å². The molecule has 20 heavy (non-hydrogen) atoms. The number of nitrogens with zero attached hydrogens (tertiary/aromatic N) is 1. The molecule has 5 nitrogen and oxygen atoms in total. The molecule has 3 fully saturated rings. The van der Waals surface area contributed by atoms with Crippen molar-refractivity contribution in [3.05, 3.63) is 0 Å². The van der Waals surface area contributed by atoms with Crippen molar-refractivity contribution in [1.29, 1.82) is 0 Å². The van der Waals surface area contributed by atoms with Crippen molar-refractivity contribution < 1.29 is 14.4 Å². The Morgan fingerprint density at radius 3 is 2.45 bits per heavy atom. The van der Waals surface area contributed by atoms with E-state index in [-0.39, 0.29) is 16.6 Å². The van der Waals surface area contributed by atoms with E-state index in [0.29, 0.717) is 6.54 Å². The number of carbonyl (C=O) groups is 3. The minimum Gasteiger partial charge on any atom is -0.277 e. The number of carbonyl (C=O) groups excluding carboxylic acids is 3. The van der Waals surface area contributed by atoms with E-state index in [4.69, 9.17) is 0 Å². The minimum absolute atomic E-state index is 0.0353. The van der Waals surface area contributed by atoms with Crippen molar-refractivity contribution in [2.75, 3.05) is 12.8 Å². The Labute approximate surface area is 122 Å². The topological polar surface area (TPSA) is 66.5 Å². The maximum absolute atomic E-state index is 12.6. The molecule has 0 spiro atoms. The zero-order valence-corrected chi connectivity index (χ0v) is 12.5. The van der Waals surface area contributed by atoms with Gasteiger partial charge in [0.2, 0.25) is 11.8 Å². The van der Waals surface area contributed by atoms with Crippen LogP contribution in [-0.4, -0.2) is 40.3 Å². The molecule has 4 amide bonds. The molecule has 1 heterocycles. The smallest absolute Gasteiger partial charge is 0.277 e. The van der Waals surface area contributed by atoms with Gasteiger partial charge in [0.25, 0.3) is 0 Å². The summed E-state index contributed by atoms with van der Waals surface area (Å²) >= 11 is 1.71. The first kappa shape index (κ1) is 13.9. The van der Waals surface area contributed by atoms with E-state index in [0.717, 1.165) is 38.5 Å². The highest BCUT2D eigenvalue weighted by Gasteiger charge is 2.50. The average Bonchev–Trinajstić information content (AvgIpc) is 3.00. The Balaban J connectivity index is 1.77. The van der Waals surface area contributed by atoms with Gasteiger partial charge in [0.05, 0.1) is 0 Å². The summed E-state index contributed by atoms with van der Waals surface area (Å²) in [5, 5.41) is 2.38. The van der Waals surface area contributed by atoms with Gasteiger partial charge in [0.1, 0.15) is 5.92 Å². The van der Waals surface area contributed by atoms with Crippen molar-refractivity contribution >= 4 is 29.6 Å². The number of amides is 4. The lowest BCUT2D eigenvalue weighted by Gasteiger charge is -2.34. The van der Waals surface area contributed by atoms with E-state index in [2.05, 4.69) is 5.32 Å². The molecule has 1 unspecified atom stereocenters. The number of urea groups is 1. The van der Waals surface area contributed by atoms with Crippen LogP contribution in [0.15, 0.2) is 0 Å². The van der Waals surface area contributed by atoms with Gasteiger partial charge in [0.15, 0.2) is 0 Å². The summed E-state index contributed by atoms with van der Waals surface area (Å²) in [6, 6.07) is -0.533. The van der Waals surface area contributed by atoms with Crippen molar-refractivity contribution in [1.82, 2.24) is 10.2 Å². The summed E-state index contributed by atoms with van der Waals surface area (Å²) in [5.74, 6) is -1.20. The summed E-state index contributed by atoms with van der Waals surface area (Å²) in [7, 11) is 0. The summed E-state index contributed by atoms with van der Waals surface area (Å²) in [4.78, 5) is 37.9. The maximum Gasteiger partial charge on any atom is 0.330 e. The van der Waals surface area contributed by atoms with Crippen LogP contribution in [0.4, 0.5) is 4.79 Å². The maximum atomic E-state index is 12.6. The lowest BCUT2D eigenvalue weighted by molar-refractivity contribution is -0.145. The molecule has 1 aliphatic heterocycles. The average molecular weight is 296 g/mol. The molecule has 1 atom stereocenters. The van der Waals surface area contributed by atoms with E-state index in [1.165, 1.54) is 4.90 Å². The lowest BCUT2D eigenvalue weighted by atomic mass is 9.87. The van der Waals surface area contributed by atoms with Gasteiger partial charge in [-0.3, -0.25) is 19.8 Å². The Bertz CT molecular complexity index is 455. The van der Waals surface area contributed by atoms with Crippen LogP contribution in [0.25, 0.3) is 0 Å². The second kappa shape index (κ2) is 5.06. The van der Waals surface area contributed by atoms with Crippen molar-refractivity contribution in [2.24, 2.45) is 11.8 Å². The molecule has 0 aromatic carbocycles. The molecule has 3 rings (SSSR count). The van der Waals surface area contributed by atoms with Gasteiger partial charge < -0.3 is 0 Å². The standard InChI is InChI=1S/C14H20N2O3S/c1-20-14(6-7-14)8-16-12(18)10(9-4-2-3-5-9)11(17)15-13(16)19/h9-10H,2-8H2,1H3,(H,15,17,19). The van der Waals surface area contributed by atoms with Gasteiger partial charge >= 0.3 is 6.03 Å². The fraction of sp³-hybridized carbons (Fsp3) is 0.786. The van der Waals surface area contributed by atoms with E-state index in [9.17, 15) is 14.4 Å². The summed E-state index contributed by atoms with van der Waals surface area (Å²) in [5.41, 5.74) is 0. The molecular formula is C14H20N2O3S. The molecule has 110 valence electrons. The molecule has 0 bridgehead atoms. The number of hydrogen-bond acceptors (Lipinski definition) is 4. The van der Waals surface area contributed by atoms with Crippen LogP contribution in [0.1, 0.15) is 38.5 Å².